The molecule has 0 aromatic rings. The maximum Gasteiger partial charge on any atom is 0.244 e. The van der Waals surface area contributed by atoms with E-state index in [2.05, 4.69) is 33.4 Å². The molecule has 13 heavy (non-hydrogen) atoms. The van der Waals surface area contributed by atoms with Crippen molar-refractivity contribution in [3.8, 4) is 0 Å². The fourth-order valence-electron chi connectivity index (χ4n) is 1.88. The highest BCUT2D eigenvalue weighted by atomic mass is 16.1. The van der Waals surface area contributed by atoms with Crippen molar-refractivity contribution in [3.05, 3.63) is 23.8 Å². The molecule has 1 amide bonds. The van der Waals surface area contributed by atoms with Gasteiger partial charge in [-0.05, 0) is 18.8 Å². The molecular formula is C11H17NO. The molecule has 1 aliphatic rings. The Labute approximate surface area is 79.5 Å². The van der Waals surface area contributed by atoms with Crippen LogP contribution in [0.3, 0.4) is 0 Å². The van der Waals surface area contributed by atoms with Crippen molar-refractivity contribution in [2.24, 2.45) is 17.1 Å². The van der Waals surface area contributed by atoms with Gasteiger partial charge >= 0.3 is 0 Å². The first-order chi connectivity index (χ1) is 5.87. The normalized spacial score (nSPS) is 25.5. The minimum absolute atomic E-state index is 0.0338. The summed E-state index contributed by atoms with van der Waals surface area (Å²) in [7, 11) is 0. The molecule has 0 aromatic heterocycles. The maximum atomic E-state index is 11.0. The van der Waals surface area contributed by atoms with Crippen LogP contribution < -0.4 is 5.73 Å². The summed E-state index contributed by atoms with van der Waals surface area (Å²) in [5.74, 6) is -0.189. The van der Waals surface area contributed by atoms with E-state index in [4.69, 9.17) is 5.73 Å². The van der Waals surface area contributed by atoms with Gasteiger partial charge in [0.1, 0.15) is 0 Å². The number of amides is 1. The van der Waals surface area contributed by atoms with Crippen molar-refractivity contribution in [2.75, 3.05) is 0 Å². The molecule has 1 atom stereocenters. The predicted molar refractivity (Wildman–Crippen MR) is 54.0 cm³/mol. The van der Waals surface area contributed by atoms with Gasteiger partial charge in [0.15, 0.2) is 0 Å². The van der Waals surface area contributed by atoms with Crippen LogP contribution in [0.2, 0.25) is 0 Å². The van der Waals surface area contributed by atoms with Crippen LogP contribution >= 0.6 is 0 Å². The van der Waals surface area contributed by atoms with E-state index >= 15 is 0 Å². The number of hydrogen-bond donors (Lipinski definition) is 1. The fourth-order valence-corrected chi connectivity index (χ4v) is 1.88. The second kappa shape index (κ2) is 3.02. The summed E-state index contributed by atoms with van der Waals surface area (Å²) in [6, 6.07) is 0. The Morgan fingerprint density at radius 1 is 1.69 bits per heavy atom. The zero-order chi connectivity index (χ0) is 10.2. The first-order valence-corrected chi connectivity index (χ1v) is 4.53. The van der Waals surface area contributed by atoms with Crippen molar-refractivity contribution < 1.29 is 4.79 Å². The Hall–Kier alpha value is -1.05. The third-order valence-corrected chi connectivity index (χ3v) is 3.28. The molecular weight excluding hydrogens is 162 g/mol. The van der Waals surface area contributed by atoms with Gasteiger partial charge in [-0.2, -0.15) is 0 Å². The molecule has 1 rings (SSSR count). The average molecular weight is 179 g/mol. The summed E-state index contributed by atoms with van der Waals surface area (Å²) in [5, 5.41) is 0. The van der Waals surface area contributed by atoms with Gasteiger partial charge in [0, 0.05) is 11.5 Å². The van der Waals surface area contributed by atoms with Crippen LogP contribution in [0.15, 0.2) is 23.8 Å². The molecule has 2 nitrogen and oxygen atoms in total. The zero-order valence-electron chi connectivity index (χ0n) is 8.55. The quantitative estimate of drug-likeness (QED) is 0.511. The lowest BCUT2D eigenvalue weighted by Gasteiger charge is -2.29. The highest BCUT2D eigenvalue weighted by molar-refractivity contribution is 5.92. The molecule has 0 saturated heterocycles. The third kappa shape index (κ3) is 1.53. The lowest BCUT2D eigenvalue weighted by Crippen LogP contribution is -2.28. The summed E-state index contributed by atoms with van der Waals surface area (Å²) in [6.07, 6.45) is 3.05. The van der Waals surface area contributed by atoms with Crippen LogP contribution in [0.5, 0.6) is 0 Å². The van der Waals surface area contributed by atoms with Gasteiger partial charge in [-0.15, -0.1) is 0 Å². The van der Waals surface area contributed by atoms with Gasteiger partial charge in [0.2, 0.25) is 5.91 Å². The molecule has 72 valence electrons. The van der Waals surface area contributed by atoms with E-state index in [1.165, 1.54) is 5.57 Å². The smallest absolute Gasteiger partial charge is 0.244 e. The first kappa shape index (κ1) is 10.0. The summed E-state index contributed by atoms with van der Waals surface area (Å²) >= 11 is 0. The van der Waals surface area contributed by atoms with Gasteiger partial charge in [0.05, 0.1) is 0 Å². The van der Waals surface area contributed by atoms with Crippen LogP contribution in [0.25, 0.3) is 0 Å². The van der Waals surface area contributed by atoms with Crippen LogP contribution in [-0.2, 0) is 4.79 Å². The molecule has 1 aliphatic carbocycles. The molecule has 0 bridgehead atoms. The topological polar surface area (TPSA) is 43.1 Å². The van der Waals surface area contributed by atoms with Gasteiger partial charge < -0.3 is 5.73 Å². The number of hydrogen-bond acceptors (Lipinski definition) is 1. The fraction of sp³-hybridized carbons (Fsp3) is 0.545. The minimum Gasteiger partial charge on any atom is -0.366 e. The number of rotatable bonds is 2. The maximum absolute atomic E-state index is 11.0. The minimum atomic E-state index is -0.374. The second-order valence-corrected chi connectivity index (χ2v) is 4.29. The van der Waals surface area contributed by atoms with Crippen LogP contribution in [-0.4, -0.2) is 5.91 Å². The second-order valence-electron chi connectivity index (χ2n) is 4.29. The SMILES string of the molecule is C=C(C(N)=O)C1CC=C(C)C1(C)C. The summed E-state index contributed by atoms with van der Waals surface area (Å²) < 4.78 is 0. The van der Waals surface area contributed by atoms with E-state index in [9.17, 15) is 4.79 Å². The van der Waals surface area contributed by atoms with E-state index in [0.717, 1.165) is 6.42 Å². The summed E-state index contributed by atoms with van der Waals surface area (Å²) in [6.45, 7) is 10.1. The van der Waals surface area contributed by atoms with E-state index in [-0.39, 0.29) is 17.2 Å². The molecule has 0 aliphatic heterocycles. The Balaban J connectivity index is 2.89. The molecule has 1 unspecified atom stereocenters. The van der Waals surface area contributed by atoms with Crippen molar-refractivity contribution in [2.45, 2.75) is 27.2 Å². The summed E-state index contributed by atoms with van der Waals surface area (Å²) in [5.41, 5.74) is 7.13. The number of carbonyl (C=O) groups is 1. The molecule has 0 saturated carbocycles. The van der Waals surface area contributed by atoms with Crippen LogP contribution in [0.4, 0.5) is 0 Å². The Kier molecular flexibility index (Phi) is 2.33. The largest absolute Gasteiger partial charge is 0.366 e. The molecule has 0 fully saturated rings. The molecule has 0 aromatic carbocycles. The van der Waals surface area contributed by atoms with Crippen LogP contribution in [0.1, 0.15) is 27.2 Å². The van der Waals surface area contributed by atoms with Crippen molar-refractivity contribution in [1.82, 2.24) is 0 Å². The van der Waals surface area contributed by atoms with E-state index in [0.29, 0.717) is 5.57 Å². The number of nitrogens with two attached hydrogens (primary N) is 1. The van der Waals surface area contributed by atoms with E-state index < -0.39 is 0 Å². The summed E-state index contributed by atoms with van der Waals surface area (Å²) in [4.78, 5) is 11.0. The average Bonchev–Trinajstić information content (AvgIpc) is 2.26. The van der Waals surface area contributed by atoms with E-state index in [1.54, 1.807) is 0 Å². The first-order valence-electron chi connectivity index (χ1n) is 4.53. The van der Waals surface area contributed by atoms with Gasteiger partial charge in [-0.3, -0.25) is 4.79 Å². The molecule has 2 heteroatoms. The molecule has 0 spiro atoms. The number of carbonyl (C=O) groups excluding carboxylic acids is 1. The molecule has 2 N–H and O–H groups in total. The highest BCUT2D eigenvalue weighted by Crippen LogP contribution is 2.45. The standard InChI is InChI=1S/C11H17NO/c1-7-5-6-9(11(7,3)4)8(2)10(12)13/h5,9H,2,6H2,1,3-4H3,(H2,12,13). The molecule has 0 radical (unpaired) electrons. The van der Waals surface area contributed by atoms with Crippen molar-refractivity contribution in [3.63, 3.8) is 0 Å². The van der Waals surface area contributed by atoms with Crippen molar-refractivity contribution in [1.29, 1.82) is 0 Å². The van der Waals surface area contributed by atoms with Gasteiger partial charge in [0.25, 0.3) is 0 Å². The molecule has 0 heterocycles. The highest BCUT2D eigenvalue weighted by Gasteiger charge is 2.37. The van der Waals surface area contributed by atoms with Crippen LogP contribution in [0, 0.1) is 11.3 Å². The zero-order valence-corrected chi connectivity index (χ0v) is 8.55. The monoisotopic (exact) mass is 179 g/mol. The van der Waals surface area contributed by atoms with Gasteiger partial charge in [-0.1, -0.05) is 32.1 Å². The van der Waals surface area contributed by atoms with Gasteiger partial charge in [-0.25, -0.2) is 0 Å². The third-order valence-electron chi connectivity index (χ3n) is 3.28. The van der Waals surface area contributed by atoms with E-state index in [1.807, 2.05) is 0 Å². The lowest BCUT2D eigenvalue weighted by atomic mass is 9.74. The van der Waals surface area contributed by atoms with Crippen molar-refractivity contribution >= 4 is 5.91 Å². The number of allylic oxidation sites excluding steroid dienone is 2. The predicted octanol–water partition coefficient (Wildman–Crippen LogP) is 2.02. The Morgan fingerprint density at radius 2 is 2.23 bits per heavy atom. The number of primary amides is 1. The Morgan fingerprint density at radius 3 is 2.54 bits per heavy atom. The lowest BCUT2D eigenvalue weighted by molar-refractivity contribution is -0.115. The Bertz CT molecular complexity index is 286.